The number of aromatic nitrogens is 1. The summed E-state index contributed by atoms with van der Waals surface area (Å²) in [5.41, 5.74) is 2.98. The number of hydrogen-bond acceptors (Lipinski definition) is 6. The molecular formula is C25H32N4O3S2. The Bertz CT molecular complexity index is 1270. The van der Waals surface area contributed by atoms with Crippen molar-refractivity contribution in [3.05, 3.63) is 53.6 Å². The number of thiazole rings is 1. The first-order chi connectivity index (χ1) is 16.2. The standard InChI is InChI=1S/C25H32N4O3S2/c1-18-8-11-20(12-9-18)34(31,32)29-16-5-7-22(29)24(30)28(15-6-14-27(3)4)25-26-21-13-10-19(2)17-23(21)33-25/h8-13,17,22H,5-7,14-16H2,1-4H3. The highest BCUT2D eigenvalue weighted by Crippen LogP contribution is 2.33. The van der Waals surface area contributed by atoms with Crippen LogP contribution in [-0.2, 0) is 14.8 Å². The Morgan fingerprint density at radius 2 is 1.79 bits per heavy atom. The molecule has 0 saturated carbocycles. The molecule has 182 valence electrons. The van der Waals surface area contributed by atoms with Crippen LogP contribution in [0.15, 0.2) is 47.4 Å². The first-order valence-corrected chi connectivity index (χ1v) is 13.8. The molecule has 0 radical (unpaired) electrons. The number of amides is 1. The van der Waals surface area contributed by atoms with Crippen molar-refractivity contribution in [1.29, 1.82) is 0 Å². The number of anilines is 1. The normalized spacial score (nSPS) is 17.0. The Labute approximate surface area is 206 Å². The minimum absolute atomic E-state index is 0.192. The van der Waals surface area contributed by atoms with Crippen molar-refractivity contribution in [2.24, 2.45) is 0 Å². The van der Waals surface area contributed by atoms with Crippen LogP contribution < -0.4 is 4.90 Å². The van der Waals surface area contributed by atoms with E-state index in [9.17, 15) is 13.2 Å². The number of carbonyl (C=O) groups excluding carboxylic acids is 1. The zero-order chi connectivity index (χ0) is 24.5. The topological polar surface area (TPSA) is 73.8 Å². The van der Waals surface area contributed by atoms with E-state index >= 15 is 0 Å². The summed E-state index contributed by atoms with van der Waals surface area (Å²) in [6, 6.07) is 12.1. The molecule has 2 aromatic carbocycles. The fourth-order valence-corrected chi connectivity index (χ4v) is 7.03. The van der Waals surface area contributed by atoms with Crippen molar-refractivity contribution < 1.29 is 13.2 Å². The third-order valence-electron chi connectivity index (χ3n) is 6.13. The van der Waals surface area contributed by atoms with E-state index in [4.69, 9.17) is 4.98 Å². The lowest BCUT2D eigenvalue weighted by molar-refractivity contribution is -0.121. The zero-order valence-electron chi connectivity index (χ0n) is 20.2. The molecular weight excluding hydrogens is 468 g/mol. The molecule has 1 aliphatic heterocycles. The molecule has 1 aliphatic rings. The van der Waals surface area contributed by atoms with Crippen molar-refractivity contribution in [3.8, 4) is 0 Å². The predicted molar refractivity (Wildman–Crippen MR) is 138 cm³/mol. The molecule has 3 aromatic rings. The molecule has 0 bridgehead atoms. The van der Waals surface area contributed by atoms with E-state index in [1.54, 1.807) is 29.2 Å². The minimum atomic E-state index is -3.77. The van der Waals surface area contributed by atoms with E-state index in [2.05, 4.69) is 11.0 Å². The summed E-state index contributed by atoms with van der Waals surface area (Å²) in [5, 5.41) is 0.629. The van der Waals surface area contributed by atoms with Crippen LogP contribution in [0.1, 0.15) is 30.4 Å². The van der Waals surface area contributed by atoms with Gasteiger partial charge in [0, 0.05) is 13.1 Å². The van der Waals surface area contributed by atoms with Gasteiger partial charge in [-0.2, -0.15) is 4.31 Å². The molecule has 0 aliphatic carbocycles. The van der Waals surface area contributed by atoms with Crippen LogP contribution in [0.3, 0.4) is 0 Å². The molecule has 9 heteroatoms. The van der Waals surface area contributed by atoms with Gasteiger partial charge in [-0.15, -0.1) is 0 Å². The molecule has 7 nitrogen and oxygen atoms in total. The van der Waals surface area contributed by atoms with Crippen molar-refractivity contribution in [3.63, 3.8) is 0 Å². The highest BCUT2D eigenvalue weighted by molar-refractivity contribution is 7.89. The van der Waals surface area contributed by atoms with E-state index in [1.807, 2.05) is 40.1 Å². The summed E-state index contributed by atoms with van der Waals surface area (Å²) < 4.78 is 29.3. The SMILES string of the molecule is Cc1ccc(S(=O)(=O)N2CCCC2C(=O)N(CCCN(C)C)c2nc3ccc(C)cc3s2)cc1. The zero-order valence-corrected chi connectivity index (χ0v) is 21.8. The van der Waals surface area contributed by atoms with Gasteiger partial charge in [0.2, 0.25) is 15.9 Å². The van der Waals surface area contributed by atoms with Crippen molar-refractivity contribution in [1.82, 2.24) is 14.2 Å². The van der Waals surface area contributed by atoms with Gasteiger partial charge in [0.15, 0.2) is 5.13 Å². The Kier molecular flexibility index (Phi) is 7.37. The van der Waals surface area contributed by atoms with Gasteiger partial charge in [-0.3, -0.25) is 9.69 Å². The van der Waals surface area contributed by atoms with E-state index in [1.165, 1.54) is 15.6 Å². The second-order valence-electron chi connectivity index (χ2n) is 9.20. The number of nitrogens with zero attached hydrogens (tertiary/aromatic N) is 4. The molecule has 4 rings (SSSR count). The molecule has 34 heavy (non-hydrogen) atoms. The number of fused-ring (bicyclic) bond motifs is 1. The largest absolute Gasteiger partial charge is 0.309 e. The lowest BCUT2D eigenvalue weighted by atomic mass is 10.2. The molecule has 0 spiro atoms. The number of hydrogen-bond donors (Lipinski definition) is 0. The molecule has 1 fully saturated rings. The third-order valence-corrected chi connectivity index (χ3v) is 9.10. The Balaban J connectivity index is 1.65. The molecule has 1 amide bonds. The van der Waals surface area contributed by atoms with Gasteiger partial charge in [0.1, 0.15) is 6.04 Å². The molecule has 2 heterocycles. The highest BCUT2D eigenvalue weighted by atomic mass is 32.2. The van der Waals surface area contributed by atoms with Gasteiger partial charge < -0.3 is 4.90 Å². The van der Waals surface area contributed by atoms with Crippen LogP contribution in [-0.4, -0.2) is 68.3 Å². The first kappa shape index (κ1) is 24.8. The van der Waals surface area contributed by atoms with E-state index in [0.717, 1.165) is 34.3 Å². The molecule has 1 unspecified atom stereocenters. The first-order valence-electron chi connectivity index (χ1n) is 11.6. The summed E-state index contributed by atoms with van der Waals surface area (Å²) in [4.78, 5) is 22.6. The molecule has 1 atom stereocenters. The average Bonchev–Trinajstić information content (AvgIpc) is 3.44. The number of carbonyl (C=O) groups is 1. The predicted octanol–water partition coefficient (Wildman–Crippen LogP) is 4.05. The second kappa shape index (κ2) is 10.1. The number of sulfonamides is 1. The lowest BCUT2D eigenvalue weighted by Crippen LogP contribution is -2.48. The maximum absolute atomic E-state index is 13.9. The van der Waals surface area contributed by atoms with E-state index in [0.29, 0.717) is 31.1 Å². The van der Waals surface area contributed by atoms with Gasteiger partial charge in [-0.1, -0.05) is 35.1 Å². The lowest BCUT2D eigenvalue weighted by Gasteiger charge is -2.29. The van der Waals surface area contributed by atoms with Crippen molar-refractivity contribution >= 4 is 42.6 Å². The van der Waals surface area contributed by atoms with Crippen LogP contribution in [0.25, 0.3) is 10.2 Å². The summed E-state index contributed by atoms with van der Waals surface area (Å²) in [6.45, 7) is 5.61. The fraction of sp³-hybridized carbons (Fsp3) is 0.440. The Hall–Kier alpha value is -2.33. The monoisotopic (exact) mass is 500 g/mol. The molecule has 1 saturated heterocycles. The van der Waals surface area contributed by atoms with Crippen molar-refractivity contribution in [2.45, 2.75) is 44.0 Å². The molecule has 1 aromatic heterocycles. The van der Waals surface area contributed by atoms with Crippen molar-refractivity contribution in [2.75, 3.05) is 38.6 Å². The van der Waals surface area contributed by atoms with Gasteiger partial charge in [0.05, 0.1) is 15.1 Å². The second-order valence-corrected chi connectivity index (χ2v) is 12.1. The van der Waals surface area contributed by atoms with Crippen LogP contribution in [0.2, 0.25) is 0 Å². The van der Waals surface area contributed by atoms with Crippen LogP contribution in [0, 0.1) is 13.8 Å². The quantitative estimate of drug-likeness (QED) is 0.467. The summed E-state index contributed by atoms with van der Waals surface area (Å²) in [6.07, 6.45) is 1.94. The van der Waals surface area contributed by atoms with E-state index < -0.39 is 16.1 Å². The van der Waals surface area contributed by atoms with Crippen LogP contribution in [0.5, 0.6) is 0 Å². The highest BCUT2D eigenvalue weighted by Gasteiger charge is 2.42. The van der Waals surface area contributed by atoms with E-state index in [-0.39, 0.29) is 10.8 Å². The molecule has 0 N–H and O–H groups in total. The van der Waals surface area contributed by atoms with Gasteiger partial charge in [-0.25, -0.2) is 13.4 Å². The smallest absolute Gasteiger partial charge is 0.247 e. The number of aryl methyl sites for hydroxylation is 2. The maximum atomic E-state index is 13.9. The van der Waals surface area contributed by atoms with Gasteiger partial charge in [0.25, 0.3) is 0 Å². The number of benzene rings is 2. The minimum Gasteiger partial charge on any atom is -0.309 e. The summed E-state index contributed by atoms with van der Waals surface area (Å²) >= 11 is 1.48. The fourth-order valence-electron chi connectivity index (χ4n) is 4.28. The summed E-state index contributed by atoms with van der Waals surface area (Å²) in [7, 11) is 0.230. The van der Waals surface area contributed by atoms with Gasteiger partial charge in [-0.05, 0) is 83.6 Å². The Morgan fingerprint density at radius 3 is 2.50 bits per heavy atom. The number of rotatable bonds is 8. The average molecular weight is 501 g/mol. The van der Waals surface area contributed by atoms with Crippen LogP contribution in [0.4, 0.5) is 5.13 Å². The van der Waals surface area contributed by atoms with Crippen LogP contribution >= 0.6 is 11.3 Å². The maximum Gasteiger partial charge on any atom is 0.247 e. The summed E-state index contributed by atoms with van der Waals surface area (Å²) in [5.74, 6) is -0.192. The third kappa shape index (κ3) is 5.17. The van der Waals surface area contributed by atoms with Gasteiger partial charge >= 0.3 is 0 Å². The Morgan fingerprint density at radius 1 is 1.09 bits per heavy atom.